The van der Waals surface area contributed by atoms with Gasteiger partial charge in [-0.15, -0.1) is 0 Å². The Morgan fingerprint density at radius 3 is 2.73 bits per heavy atom. The van der Waals surface area contributed by atoms with Gasteiger partial charge in [0.05, 0.1) is 23.7 Å². The minimum absolute atomic E-state index is 0.0302. The number of carbonyl (C=O) groups excluding carboxylic acids is 1. The topological polar surface area (TPSA) is 46.4 Å². The van der Waals surface area contributed by atoms with Gasteiger partial charge in [0.1, 0.15) is 5.65 Å². The van der Waals surface area contributed by atoms with Crippen molar-refractivity contribution in [3.05, 3.63) is 69.5 Å². The van der Waals surface area contributed by atoms with E-state index in [-0.39, 0.29) is 5.91 Å². The minimum atomic E-state index is -0.0302. The number of nitrogens with one attached hydrogen (secondary N) is 1. The molecule has 0 fully saturated rings. The summed E-state index contributed by atoms with van der Waals surface area (Å²) < 4.78 is 2.85. The largest absolute Gasteiger partial charge is 0.350 e. The van der Waals surface area contributed by atoms with Crippen LogP contribution in [-0.4, -0.2) is 15.3 Å². The Morgan fingerprint density at radius 2 is 1.95 bits per heavy atom. The van der Waals surface area contributed by atoms with Crippen molar-refractivity contribution in [1.29, 1.82) is 0 Å². The Kier molecular flexibility index (Phi) is 4.45. The quantitative estimate of drug-likeness (QED) is 0.754. The monoisotopic (exact) mass is 377 g/mol. The van der Waals surface area contributed by atoms with Gasteiger partial charge in [-0.3, -0.25) is 4.79 Å². The molecule has 0 atom stereocenters. The van der Waals surface area contributed by atoms with Crippen molar-refractivity contribution in [2.45, 2.75) is 13.0 Å². The first-order chi connectivity index (χ1) is 10.6. The first-order valence-corrected chi connectivity index (χ1v) is 7.91. The predicted octanol–water partition coefficient (Wildman–Crippen LogP) is 3.61. The van der Waals surface area contributed by atoms with Gasteiger partial charge in [0.2, 0.25) is 5.91 Å². The van der Waals surface area contributed by atoms with E-state index in [9.17, 15) is 4.79 Å². The summed E-state index contributed by atoms with van der Waals surface area (Å²) in [4.78, 5) is 16.4. The van der Waals surface area contributed by atoms with Crippen LogP contribution < -0.4 is 5.32 Å². The number of hydrogen-bond donors (Lipinski definition) is 1. The zero-order valence-electron chi connectivity index (χ0n) is 11.6. The number of pyridine rings is 1. The number of hydrogen-bond acceptors (Lipinski definition) is 2. The van der Waals surface area contributed by atoms with Crippen molar-refractivity contribution in [2.24, 2.45) is 0 Å². The second-order valence-corrected chi connectivity index (χ2v) is 6.28. The predicted molar refractivity (Wildman–Crippen MR) is 89.9 cm³/mol. The second kappa shape index (κ2) is 6.50. The van der Waals surface area contributed by atoms with Crippen molar-refractivity contribution in [3.8, 4) is 0 Å². The van der Waals surface area contributed by atoms with Crippen molar-refractivity contribution in [1.82, 2.24) is 14.7 Å². The van der Waals surface area contributed by atoms with Crippen molar-refractivity contribution in [2.75, 3.05) is 0 Å². The Bertz CT molecular complexity index is 814. The van der Waals surface area contributed by atoms with E-state index in [0.29, 0.717) is 18.0 Å². The number of aromatic nitrogens is 2. The molecule has 112 valence electrons. The molecule has 0 bridgehead atoms. The molecule has 0 aliphatic heterocycles. The van der Waals surface area contributed by atoms with Gasteiger partial charge in [-0.1, -0.05) is 39.7 Å². The van der Waals surface area contributed by atoms with E-state index in [2.05, 4.69) is 26.2 Å². The first kappa shape index (κ1) is 15.1. The maximum Gasteiger partial charge on any atom is 0.224 e. The van der Waals surface area contributed by atoms with E-state index in [1.54, 1.807) is 12.3 Å². The van der Waals surface area contributed by atoms with Gasteiger partial charge >= 0.3 is 0 Å². The Hall–Kier alpha value is -1.85. The molecule has 6 heteroatoms. The molecule has 0 spiro atoms. The van der Waals surface area contributed by atoms with Gasteiger partial charge in [-0.05, 0) is 29.8 Å². The van der Waals surface area contributed by atoms with Crippen LogP contribution in [0.2, 0.25) is 5.02 Å². The summed E-state index contributed by atoms with van der Waals surface area (Å²) in [7, 11) is 0. The normalized spacial score (nSPS) is 10.8. The van der Waals surface area contributed by atoms with Crippen LogP contribution in [0.4, 0.5) is 0 Å². The maximum absolute atomic E-state index is 12.0. The van der Waals surface area contributed by atoms with Crippen LogP contribution in [0.25, 0.3) is 5.65 Å². The van der Waals surface area contributed by atoms with Gasteiger partial charge < -0.3 is 9.72 Å². The number of rotatable bonds is 4. The fourth-order valence-electron chi connectivity index (χ4n) is 2.14. The highest BCUT2D eigenvalue weighted by atomic mass is 79.9. The lowest BCUT2D eigenvalue weighted by Crippen LogP contribution is -2.24. The molecule has 0 saturated heterocycles. The van der Waals surface area contributed by atoms with Crippen LogP contribution in [0.3, 0.4) is 0 Å². The van der Waals surface area contributed by atoms with Crippen LogP contribution >= 0.6 is 27.5 Å². The lowest BCUT2D eigenvalue weighted by molar-refractivity contribution is -0.120. The zero-order valence-corrected chi connectivity index (χ0v) is 13.9. The molecule has 2 aromatic heterocycles. The molecule has 0 saturated carbocycles. The van der Waals surface area contributed by atoms with E-state index in [0.717, 1.165) is 21.4 Å². The number of amides is 1. The summed E-state index contributed by atoms with van der Waals surface area (Å²) in [5.41, 5.74) is 2.58. The molecule has 3 rings (SSSR count). The van der Waals surface area contributed by atoms with Crippen LogP contribution in [0.1, 0.15) is 11.3 Å². The average molecular weight is 379 g/mol. The summed E-state index contributed by atoms with van der Waals surface area (Å²) >= 11 is 9.31. The average Bonchev–Trinajstić information content (AvgIpc) is 2.89. The summed E-state index contributed by atoms with van der Waals surface area (Å²) in [6.07, 6.45) is 4.00. The fourth-order valence-corrected chi connectivity index (χ4v) is 2.57. The third kappa shape index (κ3) is 3.67. The molecular weight excluding hydrogens is 366 g/mol. The summed E-state index contributed by atoms with van der Waals surface area (Å²) in [5, 5.41) is 3.53. The van der Waals surface area contributed by atoms with E-state index in [1.165, 1.54) is 0 Å². The fraction of sp³-hybridized carbons (Fsp3) is 0.125. The lowest BCUT2D eigenvalue weighted by atomic mass is 10.1. The van der Waals surface area contributed by atoms with Gasteiger partial charge in [0.15, 0.2) is 0 Å². The van der Waals surface area contributed by atoms with Gasteiger partial charge in [-0.25, -0.2) is 4.98 Å². The van der Waals surface area contributed by atoms with Crippen molar-refractivity contribution in [3.63, 3.8) is 0 Å². The van der Waals surface area contributed by atoms with E-state index >= 15 is 0 Å². The second-order valence-electron chi connectivity index (χ2n) is 4.92. The number of carbonyl (C=O) groups is 1. The molecule has 0 radical (unpaired) electrons. The van der Waals surface area contributed by atoms with Crippen molar-refractivity contribution >= 4 is 39.1 Å². The molecule has 0 unspecified atom stereocenters. The SMILES string of the molecule is O=C(Cc1ccc(Br)cc1)NCc1cn2cc(Cl)ccc2n1. The van der Waals surface area contributed by atoms with Crippen LogP contribution in [0, 0.1) is 0 Å². The molecule has 2 heterocycles. The summed E-state index contributed by atoms with van der Waals surface area (Å²) in [6, 6.07) is 11.3. The number of fused-ring (bicyclic) bond motifs is 1. The number of nitrogens with zero attached hydrogens (tertiary/aromatic N) is 2. The summed E-state index contributed by atoms with van der Waals surface area (Å²) in [6.45, 7) is 0.397. The highest BCUT2D eigenvalue weighted by molar-refractivity contribution is 9.10. The van der Waals surface area contributed by atoms with Crippen LogP contribution in [-0.2, 0) is 17.8 Å². The summed E-state index contributed by atoms with van der Waals surface area (Å²) in [5.74, 6) is -0.0302. The zero-order chi connectivity index (χ0) is 15.5. The molecule has 3 aromatic rings. The van der Waals surface area contributed by atoms with Crippen LogP contribution in [0.5, 0.6) is 0 Å². The molecule has 4 nitrogen and oxygen atoms in total. The number of imidazole rings is 1. The molecule has 1 N–H and O–H groups in total. The van der Waals surface area contributed by atoms with Gasteiger partial charge in [-0.2, -0.15) is 0 Å². The number of halogens is 2. The maximum atomic E-state index is 12.0. The molecular formula is C16H13BrClN3O. The number of benzene rings is 1. The molecule has 22 heavy (non-hydrogen) atoms. The van der Waals surface area contributed by atoms with E-state index in [4.69, 9.17) is 11.6 Å². The molecule has 0 aliphatic carbocycles. The molecule has 0 aliphatic rings. The Labute approximate surface area is 141 Å². The smallest absolute Gasteiger partial charge is 0.224 e. The van der Waals surface area contributed by atoms with Crippen molar-refractivity contribution < 1.29 is 4.79 Å². The minimum Gasteiger partial charge on any atom is -0.350 e. The molecule has 1 amide bonds. The highest BCUT2D eigenvalue weighted by Crippen LogP contribution is 2.12. The van der Waals surface area contributed by atoms with Gasteiger partial charge in [0.25, 0.3) is 0 Å². The third-order valence-electron chi connectivity index (χ3n) is 3.21. The molecule has 1 aromatic carbocycles. The lowest BCUT2D eigenvalue weighted by Gasteiger charge is -2.03. The standard InChI is InChI=1S/C16H13BrClN3O/c17-12-3-1-11(2-4-12)7-16(22)19-8-14-10-21-9-13(18)5-6-15(21)20-14/h1-6,9-10H,7-8H2,(H,19,22). The van der Waals surface area contributed by atoms with E-state index < -0.39 is 0 Å². The highest BCUT2D eigenvalue weighted by Gasteiger charge is 2.06. The van der Waals surface area contributed by atoms with Crippen LogP contribution in [0.15, 0.2) is 53.3 Å². The third-order valence-corrected chi connectivity index (χ3v) is 3.96. The van der Waals surface area contributed by atoms with Gasteiger partial charge in [0, 0.05) is 16.9 Å². The Balaban J connectivity index is 1.61. The Morgan fingerprint density at radius 1 is 1.18 bits per heavy atom. The first-order valence-electron chi connectivity index (χ1n) is 6.74. The van der Waals surface area contributed by atoms with E-state index in [1.807, 2.05) is 40.9 Å².